The van der Waals surface area contributed by atoms with Gasteiger partial charge in [0.05, 0.1) is 30.8 Å². The Labute approximate surface area is 189 Å². The van der Waals surface area contributed by atoms with Crippen LogP contribution in [0.4, 0.5) is 31.1 Å². The highest BCUT2D eigenvalue weighted by atomic mass is 19.4. The number of alkyl halides is 6. The van der Waals surface area contributed by atoms with Crippen LogP contribution in [-0.4, -0.2) is 67.3 Å². The van der Waals surface area contributed by atoms with Gasteiger partial charge in [0.15, 0.2) is 5.41 Å². The Hall–Kier alpha value is -3.03. The summed E-state index contributed by atoms with van der Waals surface area (Å²) in [6.45, 7) is -0.794. The molecule has 0 spiro atoms. The van der Waals surface area contributed by atoms with Crippen molar-refractivity contribution in [3.05, 3.63) is 29.3 Å². The third-order valence-corrected chi connectivity index (χ3v) is 6.15. The maximum atomic E-state index is 13.1. The number of carbonyl (C=O) groups is 2. The van der Waals surface area contributed by atoms with Crippen molar-refractivity contribution in [1.82, 2.24) is 15.4 Å². The number of nitrogens with one attached hydrogen (secondary N) is 1. The van der Waals surface area contributed by atoms with E-state index in [1.54, 1.807) is 0 Å². The minimum absolute atomic E-state index is 0.0141. The summed E-state index contributed by atoms with van der Waals surface area (Å²) in [5.74, 6) is -2.39. The van der Waals surface area contributed by atoms with Crippen molar-refractivity contribution in [2.45, 2.75) is 25.2 Å². The Kier molecular flexibility index (Phi) is 5.90. The summed E-state index contributed by atoms with van der Waals surface area (Å²) < 4.78 is 88.1. The van der Waals surface area contributed by atoms with Crippen LogP contribution in [0.3, 0.4) is 0 Å². The molecular formula is C20H20F6N4O4. The molecule has 186 valence electrons. The molecule has 1 aromatic carbocycles. The molecule has 1 aromatic rings. The quantitative estimate of drug-likeness (QED) is 0.505. The van der Waals surface area contributed by atoms with Gasteiger partial charge < -0.3 is 9.47 Å². The average Bonchev–Trinajstić information content (AvgIpc) is 3.19. The highest BCUT2D eigenvalue weighted by Gasteiger charge is 2.56. The van der Waals surface area contributed by atoms with Gasteiger partial charge in [-0.25, -0.2) is 14.8 Å². The number of piperidine rings is 1. The molecule has 4 rings (SSSR count). The van der Waals surface area contributed by atoms with E-state index in [0.717, 1.165) is 30.3 Å². The number of benzene rings is 1. The zero-order chi connectivity index (χ0) is 24.9. The van der Waals surface area contributed by atoms with Crippen LogP contribution in [-0.2, 0) is 15.7 Å². The minimum atomic E-state index is -4.61. The van der Waals surface area contributed by atoms with Gasteiger partial charge in [-0.05, 0) is 31.0 Å². The van der Waals surface area contributed by atoms with Gasteiger partial charge >= 0.3 is 24.4 Å². The lowest BCUT2D eigenvalue weighted by molar-refractivity contribution is -0.186. The van der Waals surface area contributed by atoms with Crippen LogP contribution in [0.15, 0.2) is 23.3 Å². The molecule has 3 aliphatic heterocycles. The molecule has 3 aliphatic rings. The van der Waals surface area contributed by atoms with E-state index in [-0.39, 0.29) is 49.5 Å². The Morgan fingerprint density at radius 3 is 2.44 bits per heavy atom. The first-order chi connectivity index (χ1) is 15.8. The molecule has 0 aliphatic carbocycles. The predicted molar refractivity (Wildman–Crippen MR) is 104 cm³/mol. The summed E-state index contributed by atoms with van der Waals surface area (Å²) in [5.41, 5.74) is 0.0717. The third-order valence-electron chi connectivity index (χ3n) is 6.15. The summed E-state index contributed by atoms with van der Waals surface area (Å²) in [4.78, 5) is 25.4. The predicted octanol–water partition coefficient (Wildman–Crippen LogP) is 3.18. The second-order valence-corrected chi connectivity index (χ2v) is 8.30. The molecule has 2 amide bonds. The smallest absolute Gasteiger partial charge is 0.416 e. The zero-order valence-electron chi connectivity index (χ0n) is 17.8. The Balaban J connectivity index is 1.56. The highest BCUT2D eigenvalue weighted by Crippen LogP contribution is 2.43. The van der Waals surface area contributed by atoms with Crippen LogP contribution in [0.2, 0.25) is 0 Å². The number of carbonyl (C=O) groups excluding carboxylic acids is 2. The van der Waals surface area contributed by atoms with Crippen LogP contribution in [0.5, 0.6) is 5.75 Å². The van der Waals surface area contributed by atoms with Crippen LogP contribution in [0.25, 0.3) is 0 Å². The molecule has 3 heterocycles. The van der Waals surface area contributed by atoms with Gasteiger partial charge in [-0.3, -0.25) is 10.2 Å². The van der Waals surface area contributed by atoms with E-state index in [1.165, 1.54) is 5.01 Å². The van der Waals surface area contributed by atoms with Gasteiger partial charge in [0.2, 0.25) is 0 Å². The number of amides is 2. The molecule has 1 saturated heterocycles. The molecule has 0 aromatic heterocycles. The van der Waals surface area contributed by atoms with E-state index in [0.29, 0.717) is 0 Å². The summed E-state index contributed by atoms with van der Waals surface area (Å²) in [6.07, 6.45) is -9.29. The maximum absolute atomic E-state index is 13.1. The Morgan fingerprint density at radius 1 is 1.18 bits per heavy atom. The van der Waals surface area contributed by atoms with Crippen molar-refractivity contribution in [1.29, 1.82) is 0 Å². The summed E-state index contributed by atoms with van der Waals surface area (Å²) in [5, 5.41) is 6.41. The fraction of sp³-hybridized carbons (Fsp3) is 0.550. The lowest BCUT2D eigenvalue weighted by Crippen LogP contribution is -2.54. The fourth-order valence-corrected chi connectivity index (χ4v) is 4.27. The molecule has 1 atom stereocenters. The van der Waals surface area contributed by atoms with Gasteiger partial charge in [0.1, 0.15) is 12.4 Å². The molecule has 1 unspecified atom stereocenters. The normalized spacial score (nSPS) is 23.5. The Bertz CT molecular complexity index is 1020. The van der Waals surface area contributed by atoms with Crippen molar-refractivity contribution in [3.63, 3.8) is 0 Å². The SMILES string of the molecule is COC(=O)C12COc3cc(C(F)(F)F)ccc3C1=NN(C(=O)NN1CCC(C(F)(F)F)CC1)C2. The van der Waals surface area contributed by atoms with Gasteiger partial charge in [0.25, 0.3) is 0 Å². The first-order valence-electron chi connectivity index (χ1n) is 10.3. The minimum Gasteiger partial charge on any atom is -0.491 e. The van der Waals surface area contributed by atoms with E-state index in [9.17, 15) is 35.9 Å². The standard InChI is InChI=1S/C20H20F6N4O4/c1-33-16(31)18-9-30(17(32)28-29-6-4-11(5-7-29)19(21,22)23)27-15(18)13-3-2-12(20(24,25)26)8-14(13)34-10-18/h2-3,8,11H,4-7,9-10H2,1H3,(H,28,32). The van der Waals surface area contributed by atoms with E-state index in [4.69, 9.17) is 9.47 Å². The second-order valence-electron chi connectivity index (χ2n) is 8.30. The number of fused-ring (bicyclic) bond motifs is 3. The lowest BCUT2D eigenvalue weighted by atomic mass is 9.78. The number of halogens is 6. The number of urea groups is 1. The number of ether oxygens (including phenoxy) is 2. The topological polar surface area (TPSA) is 83.5 Å². The first kappa shape index (κ1) is 24.1. The largest absolute Gasteiger partial charge is 0.491 e. The summed E-state index contributed by atoms with van der Waals surface area (Å²) >= 11 is 0. The van der Waals surface area contributed by atoms with Gasteiger partial charge in [-0.15, -0.1) is 0 Å². The third kappa shape index (κ3) is 4.26. The van der Waals surface area contributed by atoms with Crippen LogP contribution < -0.4 is 10.2 Å². The molecule has 1 fully saturated rings. The molecule has 0 bridgehead atoms. The van der Waals surface area contributed by atoms with Crippen molar-refractivity contribution in [2.75, 3.05) is 33.4 Å². The van der Waals surface area contributed by atoms with Crippen LogP contribution in [0.1, 0.15) is 24.0 Å². The number of hydrogen-bond acceptors (Lipinski definition) is 6. The monoisotopic (exact) mass is 494 g/mol. The first-order valence-corrected chi connectivity index (χ1v) is 10.3. The number of rotatable bonds is 2. The van der Waals surface area contributed by atoms with E-state index in [1.807, 2.05) is 0 Å². The lowest BCUT2D eigenvalue weighted by Gasteiger charge is -2.34. The van der Waals surface area contributed by atoms with E-state index < -0.39 is 47.9 Å². The van der Waals surface area contributed by atoms with Crippen molar-refractivity contribution in [2.24, 2.45) is 16.4 Å². The Morgan fingerprint density at radius 2 is 1.85 bits per heavy atom. The van der Waals surface area contributed by atoms with E-state index >= 15 is 0 Å². The maximum Gasteiger partial charge on any atom is 0.416 e. The number of esters is 1. The number of hydrogen-bond donors (Lipinski definition) is 1. The van der Waals surface area contributed by atoms with Gasteiger partial charge in [-0.1, -0.05) is 0 Å². The number of nitrogens with zero attached hydrogens (tertiary/aromatic N) is 3. The molecule has 0 saturated carbocycles. The van der Waals surface area contributed by atoms with E-state index in [2.05, 4.69) is 10.5 Å². The molecule has 1 N–H and O–H groups in total. The molecular weight excluding hydrogens is 474 g/mol. The van der Waals surface area contributed by atoms with Crippen molar-refractivity contribution in [3.8, 4) is 5.75 Å². The van der Waals surface area contributed by atoms with Crippen LogP contribution in [0, 0.1) is 11.3 Å². The number of methoxy groups -OCH3 is 1. The highest BCUT2D eigenvalue weighted by molar-refractivity contribution is 6.19. The average molecular weight is 494 g/mol. The van der Waals surface area contributed by atoms with Gasteiger partial charge in [0, 0.05) is 18.7 Å². The summed E-state index contributed by atoms with van der Waals surface area (Å²) in [6, 6.07) is 1.90. The molecule has 14 heteroatoms. The zero-order valence-corrected chi connectivity index (χ0v) is 17.8. The number of hydrazine groups is 1. The molecule has 0 radical (unpaired) electrons. The molecule has 8 nitrogen and oxygen atoms in total. The fourth-order valence-electron chi connectivity index (χ4n) is 4.27. The van der Waals surface area contributed by atoms with Crippen molar-refractivity contribution >= 4 is 17.7 Å². The van der Waals surface area contributed by atoms with Gasteiger partial charge in [-0.2, -0.15) is 31.4 Å². The van der Waals surface area contributed by atoms with Crippen LogP contribution >= 0.6 is 0 Å². The second kappa shape index (κ2) is 8.32. The number of hydrazone groups is 1. The molecule has 34 heavy (non-hydrogen) atoms. The van der Waals surface area contributed by atoms with Crippen molar-refractivity contribution < 1.29 is 45.4 Å². The summed E-state index contributed by atoms with van der Waals surface area (Å²) in [7, 11) is 1.12.